The quantitative estimate of drug-likeness (QED) is 0.378. The van der Waals surface area contributed by atoms with E-state index < -0.39 is 17.8 Å². The van der Waals surface area contributed by atoms with Gasteiger partial charge in [-0.25, -0.2) is 9.79 Å². The molecule has 2 rings (SSSR count). The van der Waals surface area contributed by atoms with Crippen molar-refractivity contribution >= 4 is 29.6 Å². The summed E-state index contributed by atoms with van der Waals surface area (Å²) in [5.74, 6) is -0.638. The molecule has 150 valence electrons. The van der Waals surface area contributed by atoms with E-state index in [4.69, 9.17) is 16.3 Å². The number of carbonyl (C=O) groups is 1. The second-order valence-corrected chi connectivity index (χ2v) is 6.47. The Hall–Kier alpha value is -2.61. The lowest BCUT2D eigenvalue weighted by atomic mass is 10.1. The van der Waals surface area contributed by atoms with E-state index in [1.54, 1.807) is 19.3 Å². The van der Waals surface area contributed by atoms with Crippen molar-refractivity contribution in [1.82, 2.24) is 9.88 Å². The molecule has 0 radical (unpaired) electrons. The molecule has 0 fully saturated rings. The number of halogens is 4. The molecule has 0 unspecified atom stereocenters. The lowest BCUT2D eigenvalue weighted by molar-refractivity contribution is -0.141. The summed E-state index contributed by atoms with van der Waals surface area (Å²) in [6, 6.07) is 5.18. The summed E-state index contributed by atoms with van der Waals surface area (Å²) in [6.45, 7) is 4.27. The number of pyridine rings is 1. The van der Waals surface area contributed by atoms with Crippen molar-refractivity contribution in [1.29, 1.82) is 0 Å². The van der Waals surface area contributed by atoms with Gasteiger partial charge in [0, 0.05) is 25.4 Å². The fourth-order valence-electron chi connectivity index (χ4n) is 2.13. The summed E-state index contributed by atoms with van der Waals surface area (Å²) < 4.78 is 42.7. The Morgan fingerprint density at radius 1 is 1.36 bits per heavy atom. The van der Waals surface area contributed by atoms with Crippen LogP contribution in [0.1, 0.15) is 34.1 Å². The number of esters is 1. The summed E-state index contributed by atoms with van der Waals surface area (Å²) in [5.41, 5.74) is 0.728. The van der Waals surface area contributed by atoms with Crippen LogP contribution in [-0.2, 0) is 17.5 Å². The Bertz CT molecular complexity index is 868. The van der Waals surface area contributed by atoms with E-state index in [1.165, 1.54) is 12.1 Å². The molecule has 0 saturated heterocycles. The predicted octanol–water partition coefficient (Wildman–Crippen LogP) is 5.03. The first-order valence-corrected chi connectivity index (χ1v) is 8.73. The van der Waals surface area contributed by atoms with Crippen LogP contribution in [0.3, 0.4) is 0 Å². The zero-order valence-corrected chi connectivity index (χ0v) is 16.3. The van der Waals surface area contributed by atoms with Gasteiger partial charge in [0.15, 0.2) is 0 Å². The van der Waals surface area contributed by atoms with Gasteiger partial charge in [-0.05, 0) is 37.6 Å². The van der Waals surface area contributed by atoms with Crippen LogP contribution in [0.15, 0.2) is 35.5 Å². The molecule has 1 aromatic carbocycles. The third-order valence-corrected chi connectivity index (χ3v) is 4.19. The molecule has 5 nitrogen and oxygen atoms in total. The van der Waals surface area contributed by atoms with E-state index in [0.717, 1.165) is 18.8 Å². The number of alkyl halides is 3. The SMILES string of the molecule is CCN(C)C=Nc1cc(C)c(C(=O)OCc2ccc(C(F)(F)F)nc2)cc1Cl. The number of hydrogen-bond acceptors (Lipinski definition) is 4. The van der Waals surface area contributed by atoms with Gasteiger partial charge in [-0.3, -0.25) is 4.98 Å². The number of benzene rings is 1. The standard InChI is InChI=1S/C19H19ClF3N3O2/c1-4-26(3)11-25-16-7-12(2)14(8-15(16)20)18(27)28-10-13-5-6-17(24-9-13)19(21,22)23/h5-9,11H,4,10H2,1-3H3. The van der Waals surface area contributed by atoms with Crippen LogP contribution in [0.2, 0.25) is 5.02 Å². The highest BCUT2D eigenvalue weighted by molar-refractivity contribution is 6.33. The molecule has 0 N–H and O–H groups in total. The number of nitrogens with zero attached hydrogens (tertiary/aromatic N) is 3. The molecule has 28 heavy (non-hydrogen) atoms. The number of carbonyl (C=O) groups excluding carboxylic acids is 1. The molecule has 0 amide bonds. The van der Waals surface area contributed by atoms with Crippen LogP contribution in [-0.4, -0.2) is 35.8 Å². The molecular weight excluding hydrogens is 395 g/mol. The highest BCUT2D eigenvalue weighted by Crippen LogP contribution is 2.29. The van der Waals surface area contributed by atoms with Gasteiger partial charge in [0.2, 0.25) is 0 Å². The van der Waals surface area contributed by atoms with Crippen LogP contribution in [0, 0.1) is 6.92 Å². The van der Waals surface area contributed by atoms with Crippen LogP contribution < -0.4 is 0 Å². The summed E-state index contributed by atoms with van der Waals surface area (Å²) in [6.07, 6.45) is -1.85. The fourth-order valence-corrected chi connectivity index (χ4v) is 2.34. The molecular formula is C19H19ClF3N3O2. The van der Waals surface area contributed by atoms with Gasteiger partial charge in [-0.2, -0.15) is 13.2 Å². The second-order valence-electron chi connectivity index (χ2n) is 6.06. The maximum atomic E-state index is 12.5. The zero-order valence-electron chi connectivity index (χ0n) is 15.5. The molecule has 1 aromatic heterocycles. The number of rotatable bonds is 6. The molecule has 2 aromatic rings. The zero-order chi connectivity index (χ0) is 20.9. The maximum Gasteiger partial charge on any atom is 0.433 e. The van der Waals surface area contributed by atoms with E-state index in [0.29, 0.717) is 16.8 Å². The third-order valence-electron chi connectivity index (χ3n) is 3.89. The van der Waals surface area contributed by atoms with Crippen molar-refractivity contribution in [3.63, 3.8) is 0 Å². The third kappa shape index (κ3) is 5.69. The lowest BCUT2D eigenvalue weighted by Gasteiger charge is -2.11. The Morgan fingerprint density at radius 2 is 2.07 bits per heavy atom. The van der Waals surface area contributed by atoms with Crippen LogP contribution in [0.25, 0.3) is 0 Å². The largest absolute Gasteiger partial charge is 0.457 e. The minimum absolute atomic E-state index is 0.206. The molecule has 0 spiro atoms. The van der Waals surface area contributed by atoms with Crippen molar-refractivity contribution in [2.75, 3.05) is 13.6 Å². The first kappa shape index (κ1) is 21.7. The molecule has 9 heteroatoms. The van der Waals surface area contributed by atoms with Crippen LogP contribution in [0.4, 0.5) is 18.9 Å². The highest BCUT2D eigenvalue weighted by Gasteiger charge is 2.32. The molecule has 0 saturated carbocycles. The Labute approximate surface area is 165 Å². The minimum Gasteiger partial charge on any atom is -0.457 e. The summed E-state index contributed by atoms with van der Waals surface area (Å²) in [5, 5.41) is 0.287. The Kier molecular flexibility index (Phi) is 7.01. The lowest BCUT2D eigenvalue weighted by Crippen LogP contribution is -2.14. The van der Waals surface area contributed by atoms with Crippen molar-refractivity contribution < 1.29 is 22.7 Å². The minimum atomic E-state index is -4.51. The van der Waals surface area contributed by atoms with E-state index in [-0.39, 0.29) is 17.2 Å². The number of aromatic nitrogens is 1. The monoisotopic (exact) mass is 413 g/mol. The van der Waals surface area contributed by atoms with Gasteiger partial charge in [0.25, 0.3) is 0 Å². The summed E-state index contributed by atoms with van der Waals surface area (Å²) >= 11 is 6.19. The number of aliphatic imine (C=N–C) groups is 1. The fraction of sp³-hybridized carbons (Fsp3) is 0.316. The normalized spacial score (nSPS) is 11.7. The van der Waals surface area contributed by atoms with E-state index in [2.05, 4.69) is 9.98 Å². The summed E-state index contributed by atoms with van der Waals surface area (Å²) in [7, 11) is 1.87. The van der Waals surface area contributed by atoms with Gasteiger partial charge < -0.3 is 9.64 Å². The Balaban J connectivity index is 2.08. The van der Waals surface area contributed by atoms with E-state index in [9.17, 15) is 18.0 Å². The average molecular weight is 414 g/mol. The summed E-state index contributed by atoms with van der Waals surface area (Å²) in [4.78, 5) is 21.8. The number of aryl methyl sites for hydroxylation is 1. The average Bonchev–Trinajstić information content (AvgIpc) is 2.65. The maximum absolute atomic E-state index is 12.5. The number of hydrogen-bond donors (Lipinski definition) is 0. The first-order chi connectivity index (χ1) is 13.1. The highest BCUT2D eigenvalue weighted by atomic mass is 35.5. The van der Waals surface area contributed by atoms with E-state index >= 15 is 0 Å². The second kappa shape index (κ2) is 9.05. The van der Waals surface area contributed by atoms with Crippen LogP contribution in [0.5, 0.6) is 0 Å². The van der Waals surface area contributed by atoms with Gasteiger partial charge in [0.05, 0.1) is 22.6 Å². The van der Waals surface area contributed by atoms with Gasteiger partial charge in [-0.15, -0.1) is 0 Å². The van der Waals surface area contributed by atoms with Crippen molar-refractivity contribution in [2.45, 2.75) is 26.6 Å². The van der Waals surface area contributed by atoms with Crippen molar-refractivity contribution in [3.8, 4) is 0 Å². The molecule has 1 heterocycles. The molecule has 0 atom stereocenters. The Morgan fingerprint density at radius 3 is 2.64 bits per heavy atom. The topological polar surface area (TPSA) is 54.8 Å². The van der Waals surface area contributed by atoms with Crippen molar-refractivity contribution in [3.05, 3.63) is 57.9 Å². The van der Waals surface area contributed by atoms with Crippen LogP contribution >= 0.6 is 11.6 Å². The molecule has 0 bridgehead atoms. The first-order valence-electron chi connectivity index (χ1n) is 8.35. The smallest absolute Gasteiger partial charge is 0.433 e. The van der Waals surface area contributed by atoms with Gasteiger partial charge in [0.1, 0.15) is 12.3 Å². The molecule has 0 aliphatic carbocycles. The van der Waals surface area contributed by atoms with E-state index in [1.807, 2.05) is 18.9 Å². The predicted molar refractivity (Wildman–Crippen MR) is 101 cm³/mol. The van der Waals surface area contributed by atoms with Crippen molar-refractivity contribution in [2.24, 2.45) is 4.99 Å². The molecule has 0 aliphatic heterocycles. The van der Waals surface area contributed by atoms with Gasteiger partial charge in [-0.1, -0.05) is 17.7 Å². The number of ether oxygens (including phenoxy) is 1. The molecule has 0 aliphatic rings. The van der Waals surface area contributed by atoms with Gasteiger partial charge >= 0.3 is 12.1 Å².